The minimum atomic E-state index is -4.12. The maximum absolute atomic E-state index is 15.5. The normalized spacial score (nSPS) is 28.7. The number of nitrogens with one attached hydrogen (secondary N) is 2. The van der Waals surface area contributed by atoms with Crippen LogP contribution in [-0.4, -0.2) is 106 Å². The van der Waals surface area contributed by atoms with E-state index in [0.29, 0.717) is 48.3 Å². The van der Waals surface area contributed by atoms with Gasteiger partial charge in [-0.05, 0) is 94.7 Å². The van der Waals surface area contributed by atoms with Gasteiger partial charge in [-0.2, -0.15) is 4.98 Å². The number of allylic oxidation sites excluding steroid dienone is 1. The Balaban J connectivity index is 1.45. The minimum Gasteiger partial charge on any atom is -0.481 e. The summed E-state index contributed by atoms with van der Waals surface area (Å²) < 4.78 is 84.4. The third-order valence-electron chi connectivity index (χ3n) is 13.0. The highest BCUT2D eigenvalue weighted by atomic mass is 32.2. The van der Waals surface area contributed by atoms with Crippen molar-refractivity contribution in [3.63, 3.8) is 0 Å². The average Bonchev–Trinajstić information content (AvgIpc) is 4.03. The second-order valence-electron chi connectivity index (χ2n) is 17.5. The van der Waals surface area contributed by atoms with Crippen LogP contribution in [0.3, 0.4) is 0 Å². The summed E-state index contributed by atoms with van der Waals surface area (Å²) in [6, 6.07) is 2.26. The highest BCUT2D eigenvalue weighted by molar-refractivity contribution is 7.91. The van der Waals surface area contributed by atoms with Gasteiger partial charge < -0.3 is 24.8 Å². The molecule has 0 spiro atoms. The Morgan fingerprint density at radius 1 is 1.15 bits per heavy atom. The van der Waals surface area contributed by atoms with Crippen LogP contribution in [0, 0.1) is 23.6 Å². The number of ether oxygens (including phenoxy) is 2. The third-order valence-corrected chi connectivity index (χ3v) is 15.1. The van der Waals surface area contributed by atoms with Gasteiger partial charge in [-0.25, -0.2) is 26.4 Å². The van der Waals surface area contributed by atoms with Gasteiger partial charge in [0.2, 0.25) is 33.6 Å². The van der Waals surface area contributed by atoms with E-state index in [2.05, 4.69) is 15.0 Å². The minimum absolute atomic E-state index is 0.0160. The smallest absolute Gasteiger partial charge is 0.408 e. The molecule has 7 atom stereocenters. The SMILES string of the molecule is CC[C@@H]1C[C@H](C)CCC=C[C@@H]2C[C@@]2(C(=O)NS(=O)(=O)C2(C)CC2)NC(=O)[C@@H]2C[C@@H](Oc3nc(OC)cc4cc(F)ccc34)CN2C(=O)[C@H]1N(C(=O)O)C(C)(C)C(C)(F)F. The van der Waals surface area contributed by atoms with Crippen molar-refractivity contribution in [1.29, 1.82) is 0 Å². The molecule has 324 valence electrons. The van der Waals surface area contributed by atoms with Crippen molar-refractivity contribution in [3.05, 3.63) is 42.2 Å². The van der Waals surface area contributed by atoms with Crippen LogP contribution < -0.4 is 19.5 Å². The van der Waals surface area contributed by atoms with E-state index in [9.17, 15) is 32.3 Å². The van der Waals surface area contributed by atoms with Gasteiger partial charge in [-0.15, -0.1) is 0 Å². The lowest BCUT2D eigenvalue weighted by molar-refractivity contribution is -0.157. The van der Waals surface area contributed by atoms with Crippen LogP contribution in [0.25, 0.3) is 10.8 Å². The molecule has 14 nitrogen and oxygen atoms in total. The summed E-state index contributed by atoms with van der Waals surface area (Å²) in [6.07, 6.45) is 2.96. The summed E-state index contributed by atoms with van der Waals surface area (Å²) in [7, 11) is -2.76. The topological polar surface area (TPSA) is 185 Å². The number of rotatable bonds is 10. The first-order valence-corrected chi connectivity index (χ1v) is 21.5. The van der Waals surface area contributed by atoms with Crippen LogP contribution in [0.2, 0.25) is 0 Å². The zero-order chi connectivity index (χ0) is 43.5. The van der Waals surface area contributed by atoms with Gasteiger partial charge in [0.25, 0.3) is 11.8 Å². The first kappa shape index (κ1) is 44.0. The van der Waals surface area contributed by atoms with E-state index in [1.54, 1.807) is 13.0 Å². The van der Waals surface area contributed by atoms with E-state index < -0.39 is 91.4 Å². The number of carbonyl (C=O) groups excluding carboxylic acids is 3. The third kappa shape index (κ3) is 8.42. The molecule has 1 aromatic heterocycles. The molecule has 0 radical (unpaired) electrons. The molecule has 2 saturated carbocycles. The summed E-state index contributed by atoms with van der Waals surface area (Å²) in [5, 5.41) is 14.2. The molecule has 18 heteroatoms. The zero-order valence-corrected chi connectivity index (χ0v) is 35.2. The fraction of sp³-hybridized carbons (Fsp3) is 0.634. The van der Waals surface area contributed by atoms with Crippen LogP contribution in [-0.2, 0) is 24.4 Å². The number of amides is 4. The van der Waals surface area contributed by atoms with Crippen LogP contribution in [0.15, 0.2) is 36.4 Å². The molecule has 2 aliphatic carbocycles. The molecule has 0 bridgehead atoms. The number of benzene rings is 1. The van der Waals surface area contributed by atoms with Gasteiger partial charge in [-0.1, -0.05) is 32.4 Å². The number of carbonyl (C=O) groups is 4. The fourth-order valence-electron chi connectivity index (χ4n) is 8.37. The Hall–Kier alpha value is -4.61. The van der Waals surface area contributed by atoms with Crippen molar-refractivity contribution in [2.24, 2.45) is 17.8 Å². The highest BCUT2D eigenvalue weighted by Crippen LogP contribution is 2.48. The largest absolute Gasteiger partial charge is 0.481 e. The predicted octanol–water partition coefficient (Wildman–Crippen LogP) is 5.79. The monoisotopic (exact) mass is 849 g/mol. The molecule has 0 unspecified atom stereocenters. The lowest BCUT2D eigenvalue weighted by atomic mass is 9.81. The second-order valence-corrected chi connectivity index (χ2v) is 19.7. The fourth-order valence-corrected chi connectivity index (χ4v) is 9.68. The molecular weight excluding hydrogens is 796 g/mol. The van der Waals surface area contributed by atoms with Crippen molar-refractivity contribution in [3.8, 4) is 11.8 Å². The molecule has 6 rings (SSSR count). The average molecular weight is 850 g/mol. The van der Waals surface area contributed by atoms with Crippen LogP contribution in [0.5, 0.6) is 11.8 Å². The highest BCUT2D eigenvalue weighted by Gasteiger charge is 2.63. The van der Waals surface area contributed by atoms with Crippen molar-refractivity contribution in [1.82, 2.24) is 24.8 Å². The van der Waals surface area contributed by atoms with Gasteiger partial charge in [0, 0.05) is 30.7 Å². The molecule has 3 fully saturated rings. The molecule has 4 amide bonds. The molecule has 4 aliphatic rings. The van der Waals surface area contributed by atoms with E-state index >= 15 is 13.6 Å². The number of nitrogens with zero attached hydrogens (tertiary/aromatic N) is 3. The Morgan fingerprint density at radius 2 is 1.85 bits per heavy atom. The quantitative estimate of drug-likeness (QED) is 0.248. The molecule has 2 aliphatic heterocycles. The second kappa shape index (κ2) is 15.8. The van der Waals surface area contributed by atoms with Gasteiger partial charge >= 0.3 is 6.09 Å². The maximum Gasteiger partial charge on any atom is 0.408 e. The number of pyridine rings is 1. The Morgan fingerprint density at radius 3 is 2.46 bits per heavy atom. The standard InChI is InChI=1S/C41H54F3N5O9S/c1-8-24-17-23(2)11-9-10-12-26-21-41(26,36(52)47-59(55,56)39(5)15-16-39)46-33(50)30-20-28(58-34-29-14-13-27(42)18-25(29)19-31(45-34)57-7)22-48(30)35(51)32(24)49(37(53)54)38(3,4)40(6,43)44/h10,12-14,18-19,23-24,26,28,30,32H,8-9,11,15-17,20-22H2,1-7H3,(H,46,50)(H,47,52)(H,53,54)/t23-,24-,26-,28-,30+,32+,41-/m1/s1. The van der Waals surface area contributed by atoms with E-state index in [4.69, 9.17) is 9.47 Å². The molecule has 3 heterocycles. The number of alkyl halides is 2. The summed E-state index contributed by atoms with van der Waals surface area (Å²) in [4.78, 5) is 63.1. The lowest BCUT2D eigenvalue weighted by Crippen LogP contribution is -2.67. The molecule has 59 heavy (non-hydrogen) atoms. The Bertz CT molecular complexity index is 2140. The van der Waals surface area contributed by atoms with Crippen molar-refractivity contribution in [2.45, 2.75) is 133 Å². The number of halogens is 3. The maximum atomic E-state index is 15.5. The summed E-state index contributed by atoms with van der Waals surface area (Å²) in [5.41, 5.74) is -4.11. The van der Waals surface area contributed by atoms with Crippen molar-refractivity contribution < 1.29 is 55.3 Å². The zero-order valence-electron chi connectivity index (χ0n) is 34.4. The van der Waals surface area contributed by atoms with E-state index in [1.165, 1.54) is 38.3 Å². The van der Waals surface area contributed by atoms with Crippen LogP contribution >= 0.6 is 0 Å². The van der Waals surface area contributed by atoms with Gasteiger partial charge in [0.1, 0.15) is 35.1 Å². The van der Waals surface area contributed by atoms with Crippen LogP contribution in [0.1, 0.15) is 92.9 Å². The van der Waals surface area contributed by atoms with Gasteiger partial charge in [0.05, 0.1) is 18.4 Å². The predicted molar refractivity (Wildman–Crippen MR) is 211 cm³/mol. The number of sulfonamides is 1. The molecule has 1 aromatic carbocycles. The molecule has 3 N–H and O–H groups in total. The molecular formula is C41H54F3N5O9S. The first-order chi connectivity index (χ1) is 27.5. The lowest BCUT2D eigenvalue weighted by Gasteiger charge is -2.47. The molecule has 1 saturated heterocycles. The van der Waals surface area contributed by atoms with E-state index in [-0.39, 0.29) is 49.9 Å². The summed E-state index contributed by atoms with van der Waals surface area (Å²) in [5.74, 6) is -8.28. The number of methoxy groups -OCH3 is 1. The first-order valence-electron chi connectivity index (χ1n) is 20.1. The summed E-state index contributed by atoms with van der Waals surface area (Å²) >= 11 is 0. The summed E-state index contributed by atoms with van der Waals surface area (Å²) in [6.45, 7) is 7.55. The Kier molecular flexibility index (Phi) is 11.8. The van der Waals surface area contributed by atoms with E-state index in [1.807, 2.05) is 13.0 Å². The van der Waals surface area contributed by atoms with Crippen molar-refractivity contribution in [2.75, 3.05) is 13.7 Å². The number of hydrogen-bond acceptors (Lipinski definition) is 9. The number of aromatic nitrogens is 1. The number of carboxylic acid groups (broad SMARTS) is 1. The van der Waals surface area contributed by atoms with Crippen LogP contribution in [0.4, 0.5) is 18.0 Å². The van der Waals surface area contributed by atoms with E-state index in [0.717, 1.165) is 18.7 Å². The number of fused-ring (bicyclic) bond motifs is 3. The van der Waals surface area contributed by atoms with Gasteiger partial charge in [-0.3, -0.25) is 24.0 Å². The number of hydrogen-bond donors (Lipinski definition) is 3. The van der Waals surface area contributed by atoms with Crippen molar-refractivity contribution >= 4 is 44.6 Å². The molecule has 2 aromatic rings. The Labute approximate surface area is 342 Å². The van der Waals surface area contributed by atoms with Gasteiger partial charge in [0.15, 0.2) is 0 Å².